The van der Waals surface area contributed by atoms with Gasteiger partial charge in [0, 0.05) is 6.08 Å². The quantitative estimate of drug-likeness (QED) is 0.0759. The second kappa shape index (κ2) is 16.7. The van der Waals surface area contributed by atoms with E-state index in [0.717, 1.165) is 12.8 Å². The third kappa shape index (κ3) is 9.57. The number of H-pyrrole nitrogens is 1. The van der Waals surface area contributed by atoms with Crippen molar-refractivity contribution in [3.63, 3.8) is 0 Å². The summed E-state index contributed by atoms with van der Waals surface area (Å²) in [5.74, 6) is -0.964. The topological polar surface area (TPSA) is 215 Å². The molecule has 1 fully saturated rings. The number of nitrogens with zero attached hydrogens (tertiary/aromatic N) is 3. The highest BCUT2D eigenvalue weighted by Gasteiger charge is 2.48. The molecule has 14 nitrogen and oxygen atoms in total. The molecule has 0 aliphatic carbocycles. The molecule has 1 unspecified atom stereocenters. The summed E-state index contributed by atoms with van der Waals surface area (Å²) in [7, 11) is 0. The van der Waals surface area contributed by atoms with Crippen molar-refractivity contribution < 1.29 is 34.8 Å². The summed E-state index contributed by atoms with van der Waals surface area (Å²) in [4.78, 5) is 39.6. The lowest BCUT2D eigenvalue weighted by Gasteiger charge is -2.44. The Morgan fingerprint density at radius 1 is 1.10 bits per heavy atom. The Bertz CT molecular complexity index is 1160. The van der Waals surface area contributed by atoms with Gasteiger partial charge in [-0.2, -0.15) is 0 Å². The lowest BCUT2D eigenvalue weighted by molar-refractivity contribution is -0.204. The molecule has 0 radical (unpaired) electrons. The first kappa shape index (κ1) is 32.1. The predicted octanol–water partition coefficient (Wildman–Crippen LogP) is 0.0287. The van der Waals surface area contributed by atoms with E-state index in [-0.39, 0.29) is 5.82 Å². The summed E-state index contributed by atoms with van der Waals surface area (Å²) in [5.41, 5.74) is 0.775. The molecule has 41 heavy (non-hydrogen) atoms. The second-order valence-corrected chi connectivity index (χ2v) is 9.87. The zero-order chi connectivity index (χ0) is 29.6. The number of aromatic nitrogens is 4. The summed E-state index contributed by atoms with van der Waals surface area (Å²) in [5, 5.41) is 49.2. The average molecular weight is 576 g/mol. The molecule has 1 aliphatic heterocycles. The lowest BCUT2D eigenvalue weighted by atomic mass is 9.92. The summed E-state index contributed by atoms with van der Waals surface area (Å²) < 4.78 is 5.76. The molecule has 8 N–H and O–H groups in total. The number of aromatic amines is 1. The summed E-state index contributed by atoms with van der Waals surface area (Å²) in [6, 6.07) is -1.30. The van der Waals surface area contributed by atoms with Gasteiger partial charge in [0.05, 0.1) is 25.5 Å². The molecule has 3 heterocycles. The molecule has 2 amide bonds. The number of aliphatic hydroxyl groups excluding tert-OH is 4. The number of fused-ring (bicyclic) bond motifs is 1. The van der Waals surface area contributed by atoms with Crippen LogP contribution in [0.4, 0.5) is 5.82 Å². The monoisotopic (exact) mass is 575 g/mol. The van der Waals surface area contributed by atoms with Crippen molar-refractivity contribution in [1.29, 1.82) is 0 Å². The van der Waals surface area contributed by atoms with Crippen molar-refractivity contribution in [1.82, 2.24) is 30.6 Å². The van der Waals surface area contributed by atoms with Crippen LogP contribution in [0, 0.1) is 0 Å². The van der Waals surface area contributed by atoms with Crippen molar-refractivity contribution in [3.05, 3.63) is 37.0 Å². The normalized spacial score (nSPS) is 23.7. The minimum Gasteiger partial charge on any atom is -0.394 e. The number of carbonyl (C=O) groups is 2. The first-order valence-electron chi connectivity index (χ1n) is 14.0. The molecule has 2 aromatic rings. The number of anilines is 1. The number of hydrogen-bond acceptors (Lipinski definition) is 11. The van der Waals surface area contributed by atoms with Crippen LogP contribution in [-0.2, 0) is 14.3 Å². The van der Waals surface area contributed by atoms with Crippen LogP contribution >= 0.6 is 0 Å². The van der Waals surface area contributed by atoms with E-state index in [1.54, 1.807) is 12.2 Å². The van der Waals surface area contributed by atoms with Crippen molar-refractivity contribution in [2.24, 2.45) is 0 Å². The van der Waals surface area contributed by atoms with Gasteiger partial charge in [-0.25, -0.2) is 15.0 Å². The van der Waals surface area contributed by atoms with E-state index in [1.807, 2.05) is 6.08 Å². The number of amides is 2. The molecule has 2 aromatic heterocycles. The molecule has 14 heteroatoms. The van der Waals surface area contributed by atoms with Gasteiger partial charge >= 0.3 is 0 Å². The predicted molar refractivity (Wildman–Crippen MR) is 150 cm³/mol. The van der Waals surface area contributed by atoms with Gasteiger partial charge in [0.1, 0.15) is 36.3 Å². The van der Waals surface area contributed by atoms with Crippen molar-refractivity contribution >= 4 is 28.8 Å². The largest absolute Gasteiger partial charge is 0.394 e. The van der Waals surface area contributed by atoms with Crippen LogP contribution in [0.2, 0.25) is 0 Å². The highest BCUT2D eigenvalue weighted by Crippen LogP contribution is 2.26. The van der Waals surface area contributed by atoms with Crippen LogP contribution in [0.1, 0.15) is 51.9 Å². The van der Waals surface area contributed by atoms with Crippen LogP contribution < -0.4 is 16.0 Å². The molecule has 0 aromatic carbocycles. The fraction of sp³-hybridized carbons (Fsp3) is 0.593. The molecule has 6 atom stereocenters. The highest BCUT2D eigenvalue weighted by molar-refractivity contribution is 5.91. The molecule has 1 aliphatic rings. The van der Waals surface area contributed by atoms with Crippen LogP contribution in [-0.4, -0.2) is 102 Å². The zero-order valence-corrected chi connectivity index (χ0v) is 23.1. The van der Waals surface area contributed by atoms with Gasteiger partial charge in [-0.3, -0.25) is 9.59 Å². The molecular weight excluding hydrogens is 534 g/mol. The van der Waals surface area contributed by atoms with Crippen molar-refractivity contribution in [3.8, 4) is 0 Å². The molecule has 0 bridgehead atoms. The van der Waals surface area contributed by atoms with Gasteiger partial charge in [0.2, 0.25) is 11.8 Å². The highest BCUT2D eigenvalue weighted by atomic mass is 16.5. The summed E-state index contributed by atoms with van der Waals surface area (Å²) in [6.45, 7) is 1.03. The minimum atomic E-state index is -1.61. The zero-order valence-electron chi connectivity index (χ0n) is 23.1. The Kier molecular flexibility index (Phi) is 13.1. The first-order valence-corrected chi connectivity index (χ1v) is 14.0. The number of carbonyl (C=O) groups excluding carboxylic acids is 2. The summed E-state index contributed by atoms with van der Waals surface area (Å²) >= 11 is 0. The number of rotatable bonds is 16. The van der Waals surface area contributed by atoms with E-state index in [4.69, 9.17) is 4.74 Å². The third-order valence-electron chi connectivity index (χ3n) is 6.72. The Labute approximate surface area is 238 Å². The van der Waals surface area contributed by atoms with E-state index in [9.17, 15) is 30.0 Å². The fourth-order valence-electron chi connectivity index (χ4n) is 4.47. The van der Waals surface area contributed by atoms with Gasteiger partial charge in [0.15, 0.2) is 17.7 Å². The number of allylic oxidation sites excluding steroid dienone is 3. The Hall–Kier alpha value is -3.43. The van der Waals surface area contributed by atoms with Crippen LogP contribution in [0.5, 0.6) is 0 Å². The number of ether oxygens (including phenoxy) is 1. The number of nitrogens with one attached hydrogen (secondary N) is 4. The van der Waals surface area contributed by atoms with Crippen LogP contribution in [0.25, 0.3) is 11.2 Å². The second-order valence-electron chi connectivity index (χ2n) is 9.87. The van der Waals surface area contributed by atoms with E-state index in [1.165, 1.54) is 50.8 Å². The maximum Gasteiger partial charge on any atom is 0.244 e. The van der Waals surface area contributed by atoms with Crippen LogP contribution in [0.15, 0.2) is 37.0 Å². The number of unbranched alkanes of at least 4 members (excludes halogenated alkanes) is 6. The van der Waals surface area contributed by atoms with E-state index in [2.05, 4.69) is 42.8 Å². The molecule has 3 rings (SSSR count). The van der Waals surface area contributed by atoms with Crippen LogP contribution in [0.3, 0.4) is 0 Å². The number of imidazole rings is 1. The third-order valence-corrected chi connectivity index (χ3v) is 6.72. The Morgan fingerprint density at radius 3 is 2.66 bits per heavy atom. The van der Waals surface area contributed by atoms with E-state index >= 15 is 0 Å². The Balaban J connectivity index is 1.49. The maximum absolute atomic E-state index is 12.6. The smallest absolute Gasteiger partial charge is 0.244 e. The molecule has 0 spiro atoms. The number of aliphatic hydroxyl groups is 4. The van der Waals surface area contributed by atoms with Gasteiger partial charge in [-0.15, -0.1) is 0 Å². The lowest BCUT2D eigenvalue weighted by Crippen LogP contribution is -2.68. The number of hydrogen-bond donors (Lipinski definition) is 8. The fourth-order valence-corrected chi connectivity index (χ4v) is 4.47. The van der Waals surface area contributed by atoms with Gasteiger partial charge in [0.25, 0.3) is 0 Å². The van der Waals surface area contributed by atoms with Gasteiger partial charge in [-0.1, -0.05) is 57.3 Å². The van der Waals surface area contributed by atoms with Gasteiger partial charge in [-0.05, 0) is 12.8 Å². The van der Waals surface area contributed by atoms with Crippen molar-refractivity contribution in [2.75, 3.05) is 18.5 Å². The SMILES string of the molecule is CCCCCCCC/C=C\C=C/C(=O)NCC(=O)N[C@@H]1[C@@H](O)[C@H](O)C(Nc2ncnc3nc[nH]c23)O[C@H]1[C@H](O)CO. The minimum absolute atomic E-state index is 0.219. The standard InChI is InChI=1S/C27H41N7O7/c1-2-3-4-5-6-7-8-9-10-11-12-18(37)28-13-19(38)33-20-22(39)23(40)27(41-24(20)17(36)14-35)34-26-21-25(30-15-29-21)31-16-32-26/h9-12,15-17,20,22-24,27,35-36,39-40H,2-8,13-14H2,1H3,(H,28,37)(H,33,38)(H2,29,30,31,32,34)/b10-9-,12-11-/t17-,20-,22-,23+,24+,27?/m1/s1. The average Bonchev–Trinajstić information content (AvgIpc) is 3.46. The summed E-state index contributed by atoms with van der Waals surface area (Å²) in [6.07, 6.45) is 10.3. The molecule has 0 saturated carbocycles. The van der Waals surface area contributed by atoms with E-state index < -0.39 is 61.7 Å². The maximum atomic E-state index is 12.6. The van der Waals surface area contributed by atoms with Crippen molar-refractivity contribution in [2.45, 2.75) is 88.6 Å². The molecule has 1 saturated heterocycles. The van der Waals surface area contributed by atoms with Gasteiger partial charge < -0.3 is 46.1 Å². The first-order chi connectivity index (χ1) is 19.8. The molecular formula is C27H41N7O7. The molecule has 226 valence electrons. The Morgan fingerprint density at radius 2 is 1.88 bits per heavy atom. The van der Waals surface area contributed by atoms with E-state index in [0.29, 0.717) is 11.2 Å².